The number of hydrogen-bond acceptors (Lipinski definition) is 20. The molecule has 0 bridgehead atoms. The van der Waals surface area contributed by atoms with E-state index in [0.29, 0.717) is 0 Å². The Bertz CT molecular complexity index is 934. The Balaban J connectivity index is -0.0000000429. The van der Waals surface area contributed by atoms with E-state index in [1.165, 1.54) is 22.3 Å². The SMILES string of the molecule is Cc1cccnc1.Cc1cccnc1.Cc1cccnc1.Cc1cccnc1.O=N[O-].O=N[O-].O=N[O-].O=N[O-].[N]=O.[N]=O.[OH-].[OH-].[Ru+3].[Ru+3]. The van der Waals surface area contributed by atoms with Crippen molar-refractivity contribution >= 4 is 0 Å². The van der Waals surface area contributed by atoms with Gasteiger partial charge in [0.15, 0.2) is 0 Å². The summed E-state index contributed by atoms with van der Waals surface area (Å²) in [5, 5.41) is 36.0. The molecule has 0 aromatic carbocycles. The summed E-state index contributed by atoms with van der Waals surface area (Å²) in [6.07, 6.45) is 14.4. The Morgan fingerprint density at radius 3 is 0.604 bits per heavy atom. The average Bonchev–Trinajstić information content (AvgIpc) is 3.03. The van der Waals surface area contributed by atoms with Gasteiger partial charge in [0.2, 0.25) is 0 Å². The topological polar surface area (TPSA) is 400 Å². The first-order valence-corrected chi connectivity index (χ1v) is 10.9. The fourth-order valence-electron chi connectivity index (χ4n) is 1.79. The third-order valence-corrected chi connectivity index (χ3v) is 3.24. The van der Waals surface area contributed by atoms with E-state index in [1.54, 1.807) is 24.8 Å². The van der Waals surface area contributed by atoms with Crippen LogP contribution in [-0.2, 0) is 39.0 Å². The van der Waals surface area contributed by atoms with Gasteiger partial charge in [0, 0.05) is 49.6 Å². The fourth-order valence-corrected chi connectivity index (χ4v) is 1.79. The minimum atomic E-state index is 0. The van der Waals surface area contributed by atoms with E-state index >= 15 is 0 Å². The number of nitrogens with zero attached hydrogens (tertiary/aromatic N) is 10. The Morgan fingerprint density at radius 1 is 0.438 bits per heavy atom. The summed E-state index contributed by atoms with van der Waals surface area (Å²) < 4.78 is 0. The molecule has 4 rings (SSSR count). The third kappa shape index (κ3) is 90.0. The van der Waals surface area contributed by atoms with Crippen LogP contribution in [0.15, 0.2) is 119 Å². The second-order valence-electron chi connectivity index (χ2n) is 6.42. The van der Waals surface area contributed by atoms with E-state index in [0.717, 1.165) is 21.4 Å². The first-order valence-electron chi connectivity index (χ1n) is 10.9. The van der Waals surface area contributed by atoms with E-state index in [-0.39, 0.29) is 49.9 Å². The molecule has 4 heterocycles. The molecular formula is C24H30N10O12Ru2. The van der Waals surface area contributed by atoms with Crippen LogP contribution in [0.2, 0.25) is 0 Å². The van der Waals surface area contributed by atoms with Gasteiger partial charge in [-0.05, 0) is 74.2 Å². The zero-order valence-electron chi connectivity index (χ0n) is 25.4. The molecule has 48 heavy (non-hydrogen) atoms. The van der Waals surface area contributed by atoms with Crippen LogP contribution < -0.4 is 11.2 Å². The minimum Gasteiger partial charge on any atom is -0.870 e. The van der Waals surface area contributed by atoms with Gasteiger partial charge in [-0.2, -0.15) is 0 Å². The van der Waals surface area contributed by atoms with Gasteiger partial charge in [-0.15, -0.1) is 31.2 Å². The molecule has 4 radical (unpaired) electrons. The van der Waals surface area contributed by atoms with Gasteiger partial charge in [0.05, 0.1) is 0 Å². The van der Waals surface area contributed by atoms with Gasteiger partial charge in [-0.25, -0.2) is 0 Å². The molecule has 0 aliphatic rings. The van der Waals surface area contributed by atoms with E-state index in [1.807, 2.05) is 101 Å². The van der Waals surface area contributed by atoms with Gasteiger partial charge in [-0.1, -0.05) is 24.3 Å². The predicted octanol–water partition coefficient (Wildman–Crippen LogP) is 5.31. The van der Waals surface area contributed by atoms with Crippen molar-refractivity contribution in [3.05, 3.63) is 171 Å². The molecule has 2 N–H and O–H groups in total. The molecule has 0 fully saturated rings. The summed E-state index contributed by atoms with van der Waals surface area (Å²) in [6, 6.07) is 15.8. The van der Waals surface area contributed by atoms with Crippen molar-refractivity contribution in [2.75, 3.05) is 0 Å². The van der Waals surface area contributed by atoms with Crippen molar-refractivity contribution in [1.29, 1.82) is 0 Å². The second kappa shape index (κ2) is 73.2. The average molecular weight is 853 g/mol. The normalized spacial score (nSPS) is 6.25. The van der Waals surface area contributed by atoms with E-state index in [9.17, 15) is 0 Å². The van der Waals surface area contributed by atoms with Crippen LogP contribution in [0.25, 0.3) is 0 Å². The maximum Gasteiger partial charge on any atom is 3.00 e. The van der Waals surface area contributed by atoms with Gasteiger partial charge < -0.3 is 51.4 Å². The van der Waals surface area contributed by atoms with Crippen molar-refractivity contribution in [3.8, 4) is 0 Å². The molecule has 0 saturated heterocycles. The maximum absolute atomic E-state index is 8.00. The number of hydrogen-bond donors (Lipinski definition) is 0. The fraction of sp³-hybridized carbons (Fsp3) is 0.167. The van der Waals surface area contributed by atoms with Crippen LogP contribution in [0.3, 0.4) is 0 Å². The number of aryl methyl sites for hydroxylation is 4. The van der Waals surface area contributed by atoms with Gasteiger partial charge in [0.25, 0.3) is 0 Å². The van der Waals surface area contributed by atoms with Gasteiger partial charge in [0.1, 0.15) is 11.2 Å². The predicted molar refractivity (Wildman–Crippen MR) is 167 cm³/mol. The van der Waals surface area contributed by atoms with Crippen LogP contribution in [0.5, 0.6) is 0 Å². The number of aromatic nitrogens is 4. The molecule has 0 aliphatic carbocycles. The first kappa shape index (κ1) is 69.3. The van der Waals surface area contributed by atoms with Crippen molar-refractivity contribution in [1.82, 2.24) is 31.1 Å². The van der Waals surface area contributed by atoms with Crippen LogP contribution in [0.1, 0.15) is 22.3 Å². The third-order valence-electron chi connectivity index (χ3n) is 3.24. The largest absolute Gasteiger partial charge is 3.00 e. The van der Waals surface area contributed by atoms with Crippen molar-refractivity contribution in [3.63, 3.8) is 0 Å². The molecule has 0 unspecified atom stereocenters. The maximum atomic E-state index is 8.00. The van der Waals surface area contributed by atoms with Crippen LogP contribution in [0.4, 0.5) is 0 Å². The molecule has 0 amide bonds. The number of rotatable bonds is 0. The molecule has 0 spiro atoms. The van der Waals surface area contributed by atoms with Crippen LogP contribution in [0, 0.1) is 78.0 Å². The molecule has 4 aromatic heterocycles. The Hall–Kier alpha value is -5.43. The number of pyridine rings is 4. The van der Waals surface area contributed by atoms with Crippen molar-refractivity contribution in [2.24, 2.45) is 21.4 Å². The molecule has 0 atom stereocenters. The summed E-state index contributed by atoms with van der Waals surface area (Å²) in [5.41, 5.74) is 16.3. The molecule has 0 saturated carbocycles. The van der Waals surface area contributed by atoms with E-state index in [4.69, 9.17) is 61.5 Å². The van der Waals surface area contributed by atoms with Crippen molar-refractivity contribution < 1.29 is 49.9 Å². The quantitative estimate of drug-likeness (QED) is 0.123. The Morgan fingerprint density at radius 2 is 0.562 bits per heavy atom. The Kier molecular flexibility index (Phi) is 106. The second-order valence-corrected chi connectivity index (χ2v) is 6.42. The molecule has 4 aromatic rings. The molecule has 264 valence electrons. The van der Waals surface area contributed by atoms with E-state index in [2.05, 4.69) is 19.9 Å². The molecule has 22 nitrogen and oxygen atoms in total. The van der Waals surface area contributed by atoms with Gasteiger partial charge in [-0.3, -0.25) is 19.9 Å². The zero-order chi connectivity index (χ0) is 35.3. The standard InChI is InChI=1S/4C6H7N.4HNO2.2NO.2H2O.2Ru/c4*1-6-3-2-4-7-5-6;4*2-1-3;2*1-2;;;;/h4*2-5H,1H3;4*(H,2,3);;;2*1H2;;/q;;;;;;;;;;;;2*+3/p-6. The van der Waals surface area contributed by atoms with Crippen LogP contribution >= 0.6 is 0 Å². The number of nitroso groups, excluding NO2 is 2. The Labute approximate surface area is 299 Å². The van der Waals surface area contributed by atoms with Crippen molar-refractivity contribution in [2.45, 2.75) is 27.7 Å². The van der Waals surface area contributed by atoms with Crippen LogP contribution in [-0.4, -0.2) is 30.9 Å². The summed E-state index contributed by atoms with van der Waals surface area (Å²) in [6.45, 7) is 8.08. The molecular weight excluding hydrogens is 822 g/mol. The summed E-state index contributed by atoms with van der Waals surface area (Å²) in [4.78, 5) is 62.0. The van der Waals surface area contributed by atoms with Gasteiger partial charge >= 0.3 is 39.0 Å². The first-order chi connectivity index (χ1) is 21.2. The molecule has 24 heteroatoms. The summed E-state index contributed by atoms with van der Waals surface area (Å²) >= 11 is 0. The molecule has 0 aliphatic heterocycles. The monoisotopic (exact) mass is 854 g/mol. The summed E-state index contributed by atoms with van der Waals surface area (Å²) in [5.74, 6) is 0. The zero-order valence-corrected chi connectivity index (χ0v) is 28.9. The smallest absolute Gasteiger partial charge is 0.870 e. The minimum absolute atomic E-state index is 0. The summed E-state index contributed by atoms with van der Waals surface area (Å²) in [7, 11) is 0. The van der Waals surface area contributed by atoms with E-state index < -0.39 is 0 Å².